The van der Waals surface area contributed by atoms with Crippen molar-refractivity contribution in [2.75, 3.05) is 11.9 Å². The molecule has 0 spiro atoms. The number of nitrogens with one attached hydrogen (secondary N) is 1. The van der Waals surface area contributed by atoms with E-state index in [1.165, 1.54) is 11.8 Å². The number of aryl methyl sites for hydroxylation is 2. The minimum Gasteiger partial charge on any atom is -0.369 e. The van der Waals surface area contributed by atoms with Gasteiger partial charge in [-0.3, -0.25) is 0 Å². The van der Waals surface area contributed by atoms with E-state index in [-0.39, 0.29) is 0 Å². The molecule has 5 nitrogen and oxygen atoms in total. The first-order chi connectivity index (χ1) is 9.60. The van der Waals surface area contributed by atoms with Crippen LogP contribution in [0.2, 0.25) is 0 Å². The summed E-state index contributed by atoms with van der Waals surface area (Å²) in [6.07, 6.45) is 2.59. The third-order valence-electron chi connectivity index (χ3n) is 2.45. The van der Waals surface area contributed by atoms with Crippen LogP contribution in [0.15, 0.2) is 27.0 Å². The van der Waals surface area contributed by atoms with Gasteiger partial charge in [0.2, 0.25) is 0 Å². The van der Waals surface area contributed by atoms with Crippen molar-refractivity contribution in [1.29, 1.82) is 0 Å². The number of hydrogen-bond donors (Lipinski definition) is 1. The zero-order valence-electron chi connectivity index (χ0n) is 11.6. The first kappa shape index (κ1) is 15.2. The van der Waals surface area contributed by atoms with Crippen molar-refractivity contribution >= 4 is 33.5 Å². The molecular weight excluding hydrogens is 338 g/mol. The molecule has 0 saturated carbocycles. The van der Waals surface area contributed by atoms with Crippen molar-refractivity contribution in [3.05, 3.63) is 28.3 Å². The van der Waals surface area contributed by atoms with Crippen LogP contribution in [0.3, 0.4) is 0 Å². The summed E-state index contributed by atoms with van der Waals surface area (Å²) in [5.41, 5.74) is 1.91. The monoisotopic (exact) mass is 353 g/mol. The molecule has 0 radical (unpaired) electrons. The molecule has 0 aliphatic carbocycles. The van der Waals surface area contributed by atoms with Gasteiger partial charge < -0.3 is 5.32 Å². The second-order valence-corrected chi connectivity index (χ2v) is 6.05. The lowest BCUT2D eigenvalue weighted by atomic mass is 10.4. The normalized spacial score (nSPS) is 10.6. The number of halogens is 1. The van der Waals surface area contributed by atoms with Gasteiger partial charge in [0, 0.05) is 17.9 Å². The molecule has 20 heavy (non-hydrogen) atoms. The molecule has 0 aromatic carbocycles. The Hall–Kier alpha value is -1.21. The van der Waals surface area contributed by atoms with Crippen molar-refractivity contribution in [1.82, 2.24) is 19.9 Å². The average molecular weight is 354 g/mol. The van der Waals surface area contributed by atoms with E-state index in [9.17, 15) is 0 Å². The number of hydrogen-bond acceptors (Lipinski definition) is 6. The fourth-order valence-corrected chi connectivity index (χ4v) is 3.04. The summed E-state index contributed by atoms with van der Waals surface area (Å²) in [6.45, 7) is 6.91. The van der Waals surface area contributed by atoms with E-state index in [4.69, 9.17) is 0 Å². The van der Waals surface area contributed by atoms with Crippen molar-refractivity contribution in [3.63, 3.8) is 0 Å². The van der Waals surface area contributed by atoms with E-state index in [1.54, 1.807) is 6.33 Å². The van der Waals surface area contributed by atoms with Crippen LogP contribution in [0.25, 0.3) is 0 Å². The van der Waals surface area contributed by atoms with Gasteiger partial charge in [0.15, 0.2) is 5.16 Å². The van der Waals surface area contributed by atoms with Gasteiger partial charge in [0.25, 0.3) is 0 Å². The summed E-state index contributed by atoms with van der Waals surface area (Å²) in [7, 11) is 0. The first-order valence-electron chi connectivity index (χ1n) is 6.34. The average Bonchev–Trinajstić information content (AvgIpc) is 2.38. The second-order valence-electron chi connectivity index (χ2n) is 4.30. The van der Waals surface area contributed by atoms with E-state index in [1.807, 2.05) is 19.9 Å². The maximum Gasteiger partial charge on any atom is 0.194 e. The molecule has 106 valence electrons. The number of rotatable bonds is 5. The molecule has 1 N–H and O–H groups in total. The maximum atomic E-state index is 4.41. The van der Waals surface area contributed by atoms with Gasteiger partial charge in [0.1, 0.15) is 17.2 Å². The third kappa shape index (κ3) is 3.89. The highest BCUT2D eigenvalue weighted by Gasteiger charge is 2.11. The fraction of sp³-hybridized carbons (Fsp3) is 0.385. The lowest BCUT2D eigenvalue weighted by Crippen LogP contribution is -2.04. The van der Waals surface area contributed by atoms with Gasteiger partial charge in [-0.05, 0) is 54.0 Å². The third-order valence-corrected chi connectivity index (χ3v) is 4.33. The molecule has 0 bridgehead atoms. The van der Waals surface area contributed by atoms with Gasteiger partial charge in [-0.1, -0.05) is 6.92 Å². The Balaban J connectivity index is 2.24. The molecule has 0 amide bonds. The Bertz CT molecular complexity index is 585. The molecule has 0 fully saturated rings. The zero-order valence-corrected chi connectivity index (χ0v) is 14.0. The predicted molar refractivity (Wildman–Crippen MR) is 84.1 cm³/mol. The molecule has 7 heteroatoms. The minimum absolute atomic E-state index is 0.698. The molecule has 2 heterocycles. The molecule has 0 unspecified atom stereocenters. The standard InChI is InChI=1S/C13H16BrN5S/c1-4-5-15-11-10(14)12(17-7-16-11)20-13-18-8(2)6-9(3)19-13/h6-7H,4-5H2,1-3H3,(H,15,16,17). The molecule has 0 saturated heterocycles. The highest BCUT2D eigenvalue weighted by Crippen LogP contribution is 2.33. The van der Waals surface area contributed by atoms with Crippen molar-refractivity contribution in [2.24, 2.45) is 0 Å². The van der Waals surface area contributed by atoms with Crippen molar-refractivity contribution < 1.29 is 0 Å². The Labute approximate surface area is 131 Å². The van der Waals surface area contributed by atoms with Crippen molar-refractivity contribution in [2.45, 2.75) is 37.4 Å². The van der Waals surface area contributed by atoms with Crippen LogP contribution in [0.5, 0.6) is 0 Å². The molecule has 0 atom stereocenters. The predicted octanol–water partition coefficient (Wildman–Crippen LogP) is 3.62. The summed E-state index contributed by atoms with van der Waals surface area (Å²) in [5, 5.41) is 4.77. The smallest absolute Gasteiger partial charge is 0.194 e. The van der Waals surface area contributed by atoms with E-state index in [0.717, 1.165) is 39.7 Å². The summed E-state index contributed by atoms with van der Waals surface area (Å²) in [4.78, 5) is 17.3. The summed E-state index contributed by atoms with van der Waals surface area (Å²) in [6, 6.07) is 1.95. The molecule has 0 aliphatic heterocycles. The van der Waals surface area contributed by atoms with Gasteiger partial charge in [-0.2, -0.15) is 0 Å². The first-order valence-corrected chi connectivity index (χ1v) is 7.95. The lowest BCUT2D eigenvalue weighted by Gasteiger charge is -2.09. The van der Waals surface area contributed by atoms with Crippen LogP contribution >= 0.6 is 27.7 Å². The SMILES string of the molecule is CCCNc1ncnc(Sc2nc(C)cc(C)n2)c1Br. The quantitative estimate of drug-likeness (QED) is 0.654. The second kappa shape index (κ2) is 6.99. The summed E-state index contributed by atoms with van der Waals surface area (Å²) in [5.74, 6) is 0.800. The van der Waals surface area contributed by atoms with Crippen LogP contribution in [0.1, 0.15) is 24.7 Å². The van der Waals surface area contributed by atoms with Crippen LogP contribution in [0, 0.1) is 13.8 Å². The lowest BCUT2D eigenvalue weighted by molar-refractivity contribution is 0.894. The van der Waals surface area contributed by atoms with E-state index >= 15 is 0 Å². The molecule has 2 aromatic heterocycles. The van der Waals surface area contributed by atoms with Crippen LogP contribution in [0.4, 0.5) is 5.82 Å². The van der Waals surface area contributed by atoms with Gasteiger partial charge in [0.05, 0.1) is 4.47 Å². The Morgan fingerprint density at radius 3 is 2.55 bits per heavy atom. The summed E-state index contributed by atoms with van der Waals surface area (Å²) < 4.78 is 0.848. The summed E-state index contributed by atoms with van der Waals surface area (Å²) >= 11 is 4.97. The van der Waals surface area contributed by atoms with Crippen molar-refractivity contribution in [3.8, 4) is 0 Å². The highest BCUT2D eigenvalue weighted by molar-refractivity contribution is 9.10. The van der Waals surface area contributed by atoms with E-state index in [2.05, 4.69) is 48.1 Å². The van der Waals surface area contributed by atoms with Gasteiger partial charge in [-0.25, -0.2) is 19.9 Å². The maximum absolute atomic E-state index is 4.41. The highest BCUT2D eigenvalue weighted by atomic mass is 79.9. The Morgan fingerprint density at radius 2 is 1.90 bits per heavy atom. The zero-order chi connectivity index (χ0) is 14.5. The molecule has 0 aliphatic rings. The van der Waals surface area contributed by atoms with Gasteiger partial charge >= 0.3 is 0 Å². The largest absolute Gasteiger partial charge is 0.369 e. The number of nitrogens with zero attached hydrogens (tertiary/aromatic N) is 4. The van der Waals surface area contributed by atoms with E-state index < -0.39 is 0 Å². The number of anilines is 1. The Morgan fingerprint density at radius 1 is 1.20 bits per heavy atom. The molecular formula is C13H16BrN5S. The van der Waals surface area contributed by atoms with Gasteiger partial charge in [-0.15, -0.1) is 0 Å². The fourth-order valence-electron chi connectivity index (χ4n) is 1.62. The number of aromatic nitrogens is 4. The topological polar surface area (TPSA) is 63.6 Å². The molecule has 2 aromatic rings. The van der Waals surface area contributed by atoms with Crippen LogP contribution < -0.4 is 5.32 Å². The minimum atomic E-state index is 0.698. The Kier molecular flexibility index (Phi) is 5.31. The van der Waals surface area contributed by atoms with Crippen LogP contribution in [-0.4, -0.2) is 26.5 Å². The molecule has 2 rings (SSSR count). The van der Waals surface area contributed by atoms with Crippen LogP contribution in [-0.2, 0) is 0 Å². The van der Waals surface area contributed by atoms with E-state index in [0.29, 0.717) is 5.16 Å².